The number of hydrogen-bond donors (Lipinski definition) is 0. The standard InChI is InChI=1S/C20H17Cl2FN2OS/c21-16-11-14(23)6-5-13(16)12-24-7-9-25(10-8-24)20(26)19-18(22)15-3-1-2-4-17(15)27-19/h1-6,11H,7-10,12H2. The molecule has 0 N–H and O–H groups in total. The van der Waals surface area contributed by atoms with Gasteiger partial charge in [0, 0.05) is 47.8 Å². The van der Waals surface area contributed by atoms with Gasteiger partial charge in [0.25, 0.3) is 5.91 Å². The molecule has 0 unspecified atom stereocenters. The Labute approximate surface area is 170 Å². The summed E-state index contributed by atoms with van der Waals surface area (Å²) in [6.45, 7) is 3.37. The van der Waals surface area contributed by atoms with Crippen molar-refractivity contribution in [2.24, 2.45) is 0 Å². The minimum atomic E-state index is -0.334. The molecule has 1 fully saturated rings. The number of benzene rings is 2. The summed E-state index contributed by atoms with van der Waals surface area (Å²) < 4.78 is 14.2. The molecule has 0 aliphatic carbocycles. The number of nitrogens with zero attached hydrogens (tertiary/aromatic N) is 2. The predicted octanol–water partition coefficient (Wildman–Crippen LogP) is 5.31. The number of hydrogen-bond acceptors (Lipinski definition) is 3. The molecule has 7 heteroatoms. The molecule has 1 aromatic heterocycles. The van der Waals surface area contributed by atoms with E-state index in [0.717, 1.165) is 28.7 Å². The monoisotopic (exact) mass is 422 g/mol. The summed E-state index contributed by atoms with van der Waals surface area (Å²) in [6.07, 6.45) is 0. The van der Waals surface area contributed by atoms with Crippen molar-refractivity contribution in [3.8, 4) is 0 Å². The topological polar surface area (TPSA) is 23.6 Å². The van der Waals surface area contributed by atoms with E-state index in [2.05, 4.69) is 4.90 Å². The van der Waals surface area contributed by atoms with Crippen LogP contribution in [-0.2, 0) is 6.54 Å². The highest BCUT2D eigenvalue weighted by Gasteiger charge is 2.26. The van der Waals surface area contributed by atoms with Crippen LogP contribution in [-0.4, -0.2) is 41.9 Å². The second-order valence-electron chi connectivity index (χ2n) is 6.55. The molecule has 1 aliphatic rings. The zero-order valence-corrected chi connectivity index (χ0v) is 16.8. The molecule has 2 heterocycles. The Morgan fingerprint density at radius 1 is 1.07 bits per heavy atom. The zero-order valence-electron chi connectivity index (χ0n) is 14.4. The average Bonchev–Trinajstić information content (AvgIpc) is 3.01. The van der Waals surface area contributed by atoms with Gasteiger partial charge in [0.2, 0.25) is 0 Å². The van der Waals surface area contributed by atoms with Gasteiger partial charge in [-0.2, -0.15) is 0 Å². The number of amides is 1. The molecule has 0 bridgehead atoms. The Morgan fingerprint density at radius 3 is 2.52 bits per heavy atom. The Kier molecular flexibility index (Phi) is 5.37. The van der Waals surface area contributed by atoms with E-state index in [1.807, 2.05) is 29.2 Å². The van der Waals surface area contributed by atoms with Crippen LogP contribution in [0.25, 0.3) is 10.1 Å². The number of halogens is 3. The fourth-order valence-corrected chi connectivity index (χ4v) is 5.00. The summed E-state index contributed by atoms with van der Waals surface area (Å²) in [4.78, 5) is 17.6. The van der Waals surface area contributed by atoms with Crippen LogP contribution in [0.15, 0.2) is 42.5 Å². The molecule has 3 aromatic rings. The van der Waals surface area contributed by atoms with Crippen LogP contribution >= 0.6 is 34.5 Å². The van der Waals surface area contributed by atoms with Gasteiger partial charge in [0.1, 0.15) is 10.7 Å². The van der Waals surface area contributed by atoms with E-state index in [1.54, 1.807) is 6.07 Å². The van der Waals surface area contributed by atoms with Gasteiger partial charge >= 0.3 is 0 Å². The van der Waals surface area contributed by atoms with E-state index < -0.39 is 0 Å². The largest absolute Gasteiger partial charge is 0.335 e. The number of fused-ring (bicyclic) bond motifs is 1. The summed E-state index contributed by atoms with van der Waals surface area (Å²) in [5, 5.41) is 1.91. The number of carbonyl (C=O) groups is 1. The van der Waals surface area contributed by atoms with Crippen molar-refractivity contribution in [1.29, 1.82) is 0 Å². The van der Waals surface area contributed by atoms with Crippen molar-refractivity contribution in [2.75, 3.05) is 26.2 Å². The average molecular weight is 423 g/mol. The van der Waals surface area contributed by atoms with Gasteiger partial charge in [0.05, 0.1) is 5.02 Å². The van der Waals surface area contributed by atoms with Gasteiger partial charge < -0.3 is 4.90 Å². The Hall–Kier alpha value is -1.66. The Balaban J connectivity index is 1.42. The van der Waals surface area contributed by atoms with Crippen LogP contribution in [0.3, 0.4) is 0 Å². The molecule has 2 aromatic carbocycles. The summed E-state index contributed by atoms with van der Waals surface area (Å²) >= 11 is 14.0. The maximum absolute atomic E-state index is 13.2. The zero-order chi connectivity index (χ0) is 19.0. The number of rotatable bonds is 3. The van der Waals surface area contributed by atoms with Crippen LogP contribution in [0.2, 0.25) is 10.0 Å². The van der Waals surface area contributed by atoms with Gasteiger partial charge in [-0.1, -0.05) is 47.5 Å². The summed E-state index contributed by atoms with van der Waals surface area (Å²) in [7, 11) is 0. The second-order valence-corrected chi connectivity index (χ2v) is 8.38. The number of carbonyl (C=O) groups excluding carboxylic acids is 1. The minimum absolute atomic E-state index is 0.0133. The SMILES string of the molecule is O=C(c1sc2ccccc2c1Cl)N1CCN(Cc2ccc(F)cc2Cl)CC1. The summed E-state index contributed by atoms with van der Waals surface area (Å²) in [5.74, 6) is -0.347. The molecular weight excluding hydrogens is 406 g/mol. The van der Waals surface area contributed by atoms with Crippen LogP contribution in [0.5, 0.6) is 0 Å². The fourth-order valence-electron chi connectivity index (χ4n) is 3.30. The molecule has 0 atom stereocenters. The highest BCUT2D eigenvalue weighted by molar-refractivity contribution is 7.21. The molecule has 3 nitrogen and oxygen atoms in total. The van der Waals surface area contributed by atoms with Crippen molar-refractivity contribution in [2.45, 2.75) is 6.54 Å². The van der Waals surface area contributed by atoms with Crippen LogP contribution < -0.4 is 0 Å². The van der Waals surface area contributed by atoms with Crippen LogP contribution in [0.1, 0.15) is 15.2 Å². The summed E-state index contributed by atoms with van der Waals surface area (Å²) in [6, 6.07) is 12.3. The van der Waals surface area contributed by atoms with Crippen molar-refractivity contribution in [3.63, 3.8) is 0 Å². The van der Waals surface area contributed by atoms with Crippen molar-refractivity contribution >= 4 is 50.5 Å². The van der Waals surface area contributed by atoms with Crippen molar-refractivity contribution in [1.82, 2.24) is 9.80 Å². The van der Waals surface area contributed by atoms with E-state index in [0.29, 0.717) is 34.6 Å². The first kappa shape index (κ1) is 18.7. The first-order valence-corrected chi connectivity index (χ1v) is 10.2. The lowest BCUT2D eigenvalue weighted by Crippen LogP contribution is -2.48. The lowest BCUT2D eigenvalue weighted by molar-refractivity contribution is 0.0633. The smallest absolute Gasteiger partial charge is 0.265 e. The molecule has 1 aliphatic heterocycles. The maximum atomic E-state index is 13.2. The third kappa shape index (κ3) is 3.83. The van der Waals surface area contributed by atoms with Crippen molar-refractivity contribution in [3.05, 3.63) is 68.8 Å². The van der Waals surface area contributed by atoms with E-state index >= 15 is 0 Å². The molecule has 0 radical (unpaired) electrons. The molecule has 0 saturated carbocycles. The lowest BCUT2D eigenvalue weighted by Gasteiger charge is -2.34. The van der Waals surface area contributed by atoms with E-state index in [9.17, 15) is 9.18 Å². The fraction of sp³-hybridized carbons (Fsp3) is 0.250. The van der Waals surface area contributed by atoms with E-state index in [4.69, 9.17) is 23.2 Å². The molecule has 27 heavy (non-hydrogen) atoms. The lowest BCUT2D eigenvalue weighted by atomic mass is 10.2. The molecule has 1 amide bonds. The molecule has 4 rings (SSSR count). The minimum Gasteiger partial charge on any atom is -0.335 e. The number of piperazine rings is 1. The number of thiophene rings is 1. The highest BCUT2D eigenvalue weighted by Crippen LogP contribution is 2.36. The van der Waals surface area contributed by atoms with Crippen LogP contribution in [0.4, 0.5) is 4.39 Å². The van der Waals surface area contributed by atoms with Gasteiger partial charge in [-0.3, -0.25) is 9.69 Å². The molecule has 140 valence electrons. The first-order valence-electron chi connectivity index (χ1n) is 8.65. The third-order valence-electron chi connectivity index (χ3n) is 4.80. The van der Waals surface area contributed by atoms with Crippen LogP contribution in [0, 0.1) is 5.82 Å². The second kappa shape index (κ2) is 7.76. The molecule has 0 spiro atoms. The van der Waals surface area contributed by atoms with Gasteiger partial charge in [-0.25, -0.2) is 4.39 Å². The Bertz CT molecular complexity index is 999. The molecular formula is C20H17Cl2FN2OS. The Morgan fingerprint density at radius 2 is 1.81 bits per heavy atom. The normalized spacial score (nSPS) is 15.4. The van der Waals surface area contributed by atoms with E-state index in [1.165, 1.54) is 23.5 Å². The van der Waals surface area contributed by atoms with Crippen molar-refractivity contribution < 1.29 is 9.18 Å². The molecule has 1 saturated heterocycles. The summed E-state index contributed by atoms with van der Waals surface area (Å²) in [5.41, 5.74) is 0.894. The highest BCUT2D eigenvalue weighted by atomic mass is 35.5. The van der Waals surface area contributed by atoms with Gasteiger partial charge in [-0.05, 0) is 23.8 Å². The van der Waals surface area contributed by atoms with Gasteiger partial charge in [-0.15, -0.1) is 11.3 Å². The van der Waals surface area contributed by atoms with E-state index in [-0.39, 0.29) is 11.7 Å². The maximum Gasteiger partial charge on any atom is 0.265 e. The van der Waals surface area contributed by atoms with Gasteiger partial charge in [0.15, 0.2) is 0 Å². The first-order chi connectivity index (χ1) is 13.0. The third-order valence-corrected chi connectivity index (χ3v) is 6.81. The predicted molar refractivity (Wildman–Crippen MR) is 109 cm³/mol. The quantitative estimate of drug-likeness (QED) is 0.571.